The van der Waals surface area contributed by atoms with E-state index in [1.165, 1.54) is 24.3 Å². The highest BCUT2D eigenvalue weighted by molar-refractivity contribution is 6.05. The molecule has 7 heteroatoms. The average Bonchev–Trinajstić information content (AvgIpc) is 2.55. The topological polar surface area (TPSA) is 101 Å². The van der Waals surface area contributed by atoms with Gasteiger partial charge >= 0.3 is 0 Å². The van der Waals surface area contributed by atoms with Crippen LogP contribution in [0.2, 0.25) is 0 Å². The molecular formula is C17H17N3O4. The minimum Gasteiger partial charge on any atom is -0.350 e. The molecule has 2 amide bonds. The van der Waals surface area contributed by atoms with Crippen LogP contribution in [-0.4, -0.2) is 22.8 Å². The second-order valence-electron chi connectivity index (χ2n) is 5.47. The summed E-state index contributed by atoms with van der Waals surface area (Å²) >= 11 is 0. The molecule has 0 saturated carbocycles. The Morgan fingerprint density at radius 2 is 1.67 bits per heavy atom. The monoisotopic (exact) mass is 327 g/mol. The first kappa shape index (κ1) is 17.1. The highest BCUT2D eigenvalue weighted by atomic mass is 16.6. The summed E-state index contributed by atoms with van der Waals surface area (Å²) in [5.41, 5.74) is 1.01. The fourth-order valence-electron chi connectivity index (χ4n) is 2.01. The van der Waals surface area contributed by atoms with Gasteiger partial charge in [-0.15, -0.1) is 0 Å². The lowest BCUT2D eigenvalue weighted by molar-refractivity contribution is -0.384. The van der Waals surface area contributed by atoms with E-state index in [4.69, 9.17) is 0 Å². The van der Waals surface area contributed by atoms with E-state index in [9.17, 15) is 19.7 Å². The molecule has 0 aromatic heterocycles. The van der Waals surface area contributed by atoms with Crippen LogP contribution in [0.25, 0.3) is 0 Å². The summed E-state index contributed by atoms with van der Waals surface area (Å²) in [4.78, 5) is 34.2. The van der Waals surface area contributed by atoms with Crippen LogP contribution in [0.5, 0.6) is 0 Å². The molecule has 124 valence electrons. The SMILES string of the molecule is CC(C)NC(=O)c1ccc(NC(=O)c2cccc([N+](=O)[O-])c2)cc1. The van der Waals surface area contributed by atoms with Gasteiger partial charge in [0, 0.05) is 35.0 Å². The molecule has 7 nitrogen and oxygen atoms in total. The molecule has 0 aliphatic carbocycles. The number of nitrogens with zero attached hydrogens (tertiary/aromatic N) is 1. The second-order valence-corrected chi connectivity index (χ2v) is 5.47. The quantitative estimate of drug-likeness (QED) is 0.651. The number of hydrogen-bond donors (Lipinski definition) is 2. The molecule has 0 fully saturated rings. The van der Waals surface area contributed by atoms with Crippen molar-refractivity contribution < 1.29 is 14.5 Å². The highest BCUT2D eigenvalue weighted by Crippen LogP contribution is 2.16. The molecule has 2 aromatic carbocycles. The van der Waals surface area contributed by atoms with Gasteiger partial charge in [0.15, 0.2) is 0 Å². The van der Waals surface area contributed by atoms with Gasteiger partial charge in [-0.1, -0.05) is 6.07 Å². The van der Waals surface area contributed by atoms with Crippen LogP contribution in [0.15, 0.2) is 48.5 Å². The average molecular weight is 327 g/mol. The molecule has 2 aromatic rings. The third-order valence-electron chi connectivity index (χ3n) is 3.14. The lowest BCUT2D eigenvalue weighted by atomic mass is 10.1. The Bertz CT molecular complexity index is 770. The van der Waals surface area contributed by atoms with E-state index in [-0.39, 0.29) is 23.2 Å². The van der Waals surface area contributed by atoms with Crippen LogP contribution in [-0.2, 0) is 0 Å². The summed E-state index contributed by atoms with van der Waals surface area (Å²) in [6.07, 6.45) is 0. The zero-order valence-corrected chi connectivity index (χ0v) is 13.3. The van der Waals surface area contributed by atoms with Crippen LogP contribution >= 0.6 is 0 Å². The normalized spacial score (nSPS) is 10.3. The van der Waals surface area contributed by atoms with E-state index in [2.05, 4.69) is 10.6 Å². The van der Waals surface area contributed by atoms with Crippen molar-refractivity contribution in [2.24, 2.45) is 0 Å². The van der Waals surface area contributed by atoms with E-state index < -0.39 is 10.8 Å². The van der Waals surface area contributed by atoms with Crippen molar-refractivity contribution in [3.63, 3.8) is 0 Å². The van der Waals surface area contributed by atoms with E-state index in [1.54, 1.807) is 24.3 Å². The van der Waals surface area contributed by atoms with Crippen LogP contribution in [0.1, 0.15) is 34.6 Å². The van der Waals surface area contributed by atoms with E-state index in [1.807, 2.05) is 13.8 Å². The molecule has 0 aliphatic rings. The zero-order chi connectivity index (χ0) is 17.7. The Kier molecular flexibility index (Phi) is 5.26. The minimum absolute atomic E-state index is 0.0331. The molecule has 0 atom stereocenters. The van der Waals surface area contributed by atoms with Gasteiger partial charge < -0.3 is 10.6 Å². The van der Waals surface area contributed by atoms with Crippen LogP contribution < -0.4 is 10.6 Å². The maximum atomic E-state index is 12.1. The lowest BCUT2D eigenvalue weighted by Gasteiger charge is -2.09. The summed E-state index contributed by atoms with van der Waals surface area (Å²) in [5, 5.41) is 16.2. The Morgan fingerprint density at radius 3 is 2.25 bits per heavy atom. The van der Waals surface area contributed by atoms with Crippen molar-refractivity contribution in [1.82, 2.24) is 5.32 Å². The fourth-order valence-corrected chi connectivity index (χ4v) is 2.01. The number of anilines is 1. The lowest BCUT2D eigenvalue weighted by Crippen LogP contribution is -2.30. The number of rotatable bonds is 5. The first-order valence-electron chi connectivity index (χ1n) is 7.33. The van der Waals surface area contributed by atoms with Crippen LogP contribution in [0, 0.1) is 10.1 Å². The summed E-state index contributed by atoms with van der Waals surface area (Å²) in [5.74, 6) is -0.653. The standard InChI is InChI=1S/C17H17N3O4/c1-11(2)18-16(21)12-6-8-14(9-7-12)19-17(22)13-4-3-5-15(10-13)20(23)24/h3-11H,1-2H3,(H,18,21)(H,19,22). The van der Waals surface area contributed by atoms with Gasteiger partial charge in [0.1, 0.15) is 0 Å². The van der Waals surface area contributed by atoms with Gasteiger partial charge in [-0.3, -0.25) is 19.7 Å². The largest absolute Gasteiger partial charge is 0.350 e. The Balaban J connectivity index is 2.08. The van der Waals surface area contributed by atoms with Crippen LogP contribution in [0.4, 0.5) is 11.4 Å². The molecule has 0 saturated heterocycles. The van der Waals surface area contributed by atoms with Gasteiger partial charge in [-0.2, -0.15) is 0 Å². The third kappa shape index (κ3) is 4.39. The Morgan fingerprint density at radius 1 is 1.00 bits per heavy atom. The van der Waals surface area contributed by atoms with Gasteiger partial charge in [0.2, 0.25) is 0 Å². The molecule has 2 N–H and O–H groups in total. The zero-order valence-electron chi connectivity index (χ0n) is 13.3. The predicted octanol–water partition coefficient (Wildman–Crippen LogP) is 2.99. The molecule has 0 spiro atoms. The number of non-ortho nitro benzene ring substituents is 1. The molecule has 0 aliphatic heterocycles. The number of nitro benzene ring substituents is 1. The summed E-state index contributed by atoms with van der Waals surface area (Å²) in [6, 6.07) is 11.9. The Labute approximate surface area is 138 Å². The van der Waals surface area contributed by atoms with Crippen molar-refractivity contribution in [2.75, 3.05) is 5.32 Å². The molecule has 0 heterocycles. The van der Waals surface area contributed by atoms with Gasteiger partial charge in [0.25, 0.3) is 17.5 Å². The summed E-state index contributed by atoms with van der Waals surface area (Å²) < 4.78 is 0. The third-order valence-corrected chi connectivity index (χ3v) is 3.14. The van der Waals surface area contributed by atoms with E-state index >= 15 is 0 Å². The number of nitrogens with one attached hydrogen (secondary N) is 2. The maximum Gasteiger partial charge on any atom is 0.270 e. The Hall–Kier alpha value is -3.22. The first-order valence-corrected chi connectivity index (χ1v) is 7.33. The van der Waals surface area contributed by atoms with Gasteiger partial charge in [-0.25, -0.2) is 0 Å². The van der Waals surface area contributed by atoms with Gasteiger partial charge in [-0.05, 0) is 44.2 Å². The smallest absolute Gasteiger partial charge is 0.270 e. The highest BCUT2D eigenvalue weighted by Gasteiger charge is 2.12. The van der Waals surface area contributed by atoms with Crippen LogP contribution in [0.3, 0.4) is 0 Å². The summed E-state index contributed by atoms with van der Waals surface area (Å²) in [7, 11) is 0. The van der Waals surface area contributed by atoms with Crippen molar-refractivity contribution in [1.29, 1.82) is 0 Å². The van der Waals surface area contributed by atoms with Crippen molar-refractivity contribution in [2.45, 2.75) is 19.9 Å². The number of nitro groups is 1. The molecule has 0 unspecified atom stereocenters. The fraction of sp³-hybridized carbons (Fsp3) is 0.176. The number of benzene rings is 2. The van der Waals surface area contributed by atoms with Gasteiger partial charge in [0.05, 0.1) is 4.92 Å². The number of hydrogen-bond acceptors (Lipinski definition) is 4. The second kappa shape index (κ2) is 7.36. The molecule has 2 rings (SSSR count). The van der Waals surface area contributed by atoms with E-state index in [0.717, 1.165) is 0 Å². The first-order chi connectivity index (χ1) is 11.4. The molecule has 24 heavy (non-hydrogen) atoms. The minimum atomic E-state index is -0.557. The van der Waals surface area contributed by atoms with E-state index in [0.29, 0.717) is 11.3 Å². The number of carbonyl (C=O) groups excluding carboxylic acids is 2. The number of amides is 2. The van der Waals surface area contributed by atoms with Crippen molar-refractivity contribution >= 4 is 23.2 Å². The maximum absolute atomic E-state index is 12.1. The summed E-state index contributed by atoms with van der Waals surface area (Å²) in [6.45, 7) is 3.73. The van der Waals surface area contributed by atoms with Crippen molar-refractivity contribution in [3.8, 4) is 0 Å². The molecule has 0 bridgehead atoms. The number of carbonyl (C=O) groups is 2. The predicted molar refractivity (Wildman–Crippen MR) is 90.1 cm³/mol. The molecular weight excluding hydrogens is 310 g/mol. The molecule has 0 radical (unpaired) electrons. The van der Waals surface area contributed by atoms with Crippen molar-refractivity contribution in [3.05, 3.63) is 69.8 Å².